The van der Waals surface area contributed by atoms with Gasteiger partial charge in [-0.2, -0.15) is 0 Å². The molecule has 236 valence electrons. The monoisotopic (exact) mass is 753 g/mol. The molecule has 0 aliphatic rings. The molecule has 0 aromatic heterocycles. The Balaban J connectivity index is 1.80. The van der Waals surface area contributed by atoms with Gasteiger partial charge in [-0.1, -0.05) is 112 Å². The van der Waals surface area contributed by atoms with Gasteiger partial charge in [-0.05, 0) is 66.4 Å². The second kappa shape index (κ2) is 15.7. The van der Waals surface area contributed by atoms with Crippen molar-refractivity contribution in [1.82, 2.24) is 10.2 Å². The van der Waals surface area contributed by atoms with Gasteiger partial charge >= 0.3 is 0 Å². The first-order valence-corrected chi connectivity index (χ1v) is 17.7. The quantitative estimate of drug-likeness (QED) is 0.158. The molecule has 45 heavy (non-hydrogen) atoms. The Kier molecular flexibility index (Phi) is 12.0. The molecule has 0 aliphatic heterocycles. The topological polar surface area (TPSA) is 86.8 Å². The molecule has 0 spiro atoms. The third-order valence-corrected chi connectivity index (χ3v) is 9.96. The van der Waals surface area contributed by atoms with E-state index in [1.165, 1.54) is 17.0 Å². The first-order valence-electron chi connectivity index (χ1n) is 14.6. The van der Waals surface area contributed by atoms with Gasteiger partial charge in [-0.25, -0.2) is 8.42 Å². The lowest BCUT2D eigenvalue weighted by molar-refractivity contribution is -0.140. The van der Waals surface area contributed by atoms with Crippen LogP contribution in [0.2, 0.25) is 0 Å². The number of aryl methyl sites for hydroxylation is 1. The van der Waals surface area contributed by atoms with Crippen molar-refractivity contribution in [2.75, 3.05) is 17.4 Å². The van der Waals surface area contributed by atoms with Crippen LogP contribution in [0.25, 0.3) is 0 Å². The van der Waals surface area contributed by atoms with E-state index in [9.17, 15) is 18.0 Å². The first-order chi connectivity index (χ1) is 21.4. The fourth-order valence-electron chi connectivity index (χ4n) is 4.81. The average molecular weight is 756 g/mol. The number of rotatable bonds is 13. The number of carbonyl (C=O) groups excluding carboxylic acids is 2. The summed E-state index contributed by atoms with van der Waals surface area (Å²) in [6.07, 6.45) is 0.256. The van der Waals surface area contributed by atoms with E-state index in [0.29, 0.717) is 16.7 Å². The van der Waals surface area contributed by atoms with Crippen LogP contribution in [0.15, 0.2) is 117 Å². The van der Waals surface area contributed by atoms with Crippen molar-refractivity contribution in [3.63, 3.8) is 0 Å². The van der Waals surface area contributed by atoms with Gasteiger partial charge in [0.2, 0.25) is 11.8 Å². The summed E-state index contributed by atoms with van der Waals surface area (Å²) < 4.78 is 30.9. The highest BCUT2D eigenvalue weighted by molar-refractivity contribution is 9.10. The van der Waals surface area contributed by atoms with Gasteiger partial charge in [-0.15, -0.1) is 0 Å². The number of anilines is 1. The molecule has 0 aliphatic carbocycles. The fourth-order valence-corrected chi connectivity index (χ4v) is 7.05. The van der Waals surface area contributed by atoms with Crippen LogP contribution in [0.4, 0.5) is 5.69 Å². The molecule has 1 N–H and O–H groups in total. The smallest absolute Gasteiger partial charge is 0.264 e. The number of hydrogen-bond acceptors (Lipinski definition) is 4. The van der Waals surface area contributed by atoms with Gasteiger partial charge in [0.15, 0.2) is 0 Å². The molecule has 0 fully saturated rings. The van der Waals surface area contributed by atoms with E-state index in [2.05, 4.69) is 37.2 Å². The van der Waals surface area contributed by atoms with Gasteiger partial charge in [0.1, 0.15) is 12.6 Å². The first kappa shape index (κ1) is 34.4. The molecule has 4 aromatic carbocycles. The van der Waals surface area contributed by atoms with Crippen molar-refractivity contribution in [2.24, 2.45) is 5.92 Å². The van der Waals surface area contributed by atoms with Gasteiger partial charge in [-0.3, -0.25) is 13.9 Å². The molecule has 0 heterocycles. The molecule has 7 nitrogen and oxygen atoms in total. The predicted molar refractivity (Wildman–Crippen MR) is 186 cm³/mol. The van der Waals surface area contributed by atoms with Crippen molar-refractivity contribution in [2.45, 2.75) is 44.7 Å². The van der Waals surface area contributed by atoms with Crippen LogP contribution in [-0.4, -0.2) is 44.3 Å². The summed E-state index contributed by atoms with van der Waals surface area (Å²) >= 11 is 6.95. The van der Waals surface area contributed by atoms with E-state index in [1.807, 2.05) is 75.4 Å². The van der Waals surface area contributed by atoms with Crippen molar-refractivity contribution >= 4 is 59.4 Å². The number of benzene rings is 4. The Hall–Kier alpha value is -3.47. The Labute approximate surface area is 283 Å². The largest absolute Gasteiger partial charge is 0.354 e. The van der Waals surface area contributed by atoms with Crippen LogP contribution in [0.1, 0.15) is 30.5 Å². The molecule has 2 amide bonds. The molecule has 1 atom stereocenters. The zero-order chi connectivity index (χ0) is 32.6. The third kappa shape index (κ3) is 9.51. The molecular weight excluding hydrogens is 718 g/mol. The minimum Gasteiger partial charge on any atom is -0.354 e. The van der Waals surface area contributed by atoms with Gasteiger partial charge in [0, 0.05) is 28.5 Å². The van der Waals surface area contributed by atoms with Crippen LogP contribution in [0, 0.1) is 12.8 Å². The molecule has 10 heteroatoms. The van der Waals surface area contributed by atoms with E-state index in [1.54, 1.807) is 36.4 Å². The number of hydrogen-bond donors (Lipinski definition) is 1. The number of sulfonamides is 1. The normalized spacial score (nSPS) is 12.0. The Bertz CT molecular complexity index is 1710. The average Bonchev–Trinajstić information content (AvgIpc) is 3.01. The number of halogens is 2. The minimum absolute atomic E-state index is 0.0647. The lowest BCUT2D eigenvalue weighted by Gasteiger charge is -2.34. The van der Waals surface area contributed by atoms with Crippen LogP contribution in [0.5, 0.6) is 0 Å². The number of nitrogens with zero attached hydrogens (tertiary/aromatic N) is 2. The molecule has 1 unspecified atom stereocenters. The number of amides is 2. The van der Waals surface area contributed by atoms with E-state index in [-0.39, 0.29) is 29.7 Å². The Morgan fingerprint density at radius 3 is 2.04 bits per heavy atom. The lowest BCUT2D eigenvalue weighted by Crippen LogP contribution is -2.53. The van der Waals surface area contributed by atoms with Gasteiger partial charge < -0.3 is 10.2 Å². The number of carbonyl (C=O) groups is 2. The van der Waals surface area contributed by atoms with Crippen LogP contribution < -0.4 is 9.62 Å². The van der Waals surface area contributed by atoms with Crippen molar-refractivity contribution in [3.8, 4) is 0 Å². The van der Waals surface area contributed by atoms with E-state index >= 15 is 0 Å². The zero-order valence-corrected chi connectivity index (χ0v) is 29.5. The molecular formula is C35H37Br2N3O4S. The van der Waals surface area contributed by atoms with Gasteiger partial charge in [0.25, 0.3) is 10.0 Å². The second-order valence-electron chi connectivity index (χ2n) is 11.3. The van der Waals surface area contributed by atoms with E-state index in [4.69, 9.17) is 0 Å². The lowest BCUT2D eigenvalue weighted by atomic mass is 10.0. The van der Waals surface area contributed by atoms with Gasteiger partial charge in [0.05, 0.1) is 10.6 Å². The highest BCUT2D eigenvalue weighted by atomic mass is 79.9. The summed E-state index contributed by atoms with van der Waals surface area (Å²) in [7, 11) is -4.17. The SMILES string of the molecule is Cc1ccc(S(=O)(=O)N(CC(=O)N(Cc2cccc(Br)c2)C(Cc2ccccc2)C(=O)NCC(C)C)c2cccc(Br)c2)cc1. The summed E-state index contributed by atoms with van der Waals surface area (Å²) in [6.45, 7) is 5.91. The predicted octanol–water partition coefficient (Wildman–Crippen LogP) is 7.13. The Morgan fingerprint density at radius 2 is 1.42 bits per heavy atom. The zero-order valence-electron chi connectivity index (χ0n) is 25.5. The maximum absolute atomic E-state index is 14.5. The van der Waals surface area contributed by atoms with E-state index in [0.717, 1.165) is 25.5 Å². The standard InChI is InChI=1S/C35H37Br2N3O4S/c1-25(2)22-38-35(42)33(20-27-9-5-4-6-10-27)39(23-28-11-7-12-29(36)19-28)34(41)24-40(31-14-8-13-30(37)21-31)45(43,44)32-17-15-26(3)16-18-32/h4-19,21,25,33H,20,22-24H2,1-3H3,(H,38,42). The fraction of sp³-hybridized carbons (Fsp3) is 0.257. The maximum atomic E-state index is 14.5. The van der Waals surface area contributed by atoms with E-state index < -0.39 is 28.5 Å². The summed E-state index contributed by atoms with van der Waals surface area (Å²) in [4.78, 5) is 29.9. The van der Waals surface area contributed by atoms with Crippen LogP contribution in [-0.2, 0) is 32.6 Å². The second-order valence-corrected chi connectivity index (χ2v) is 15.0. The molecule has 4 aromatic rings. The molecule has 0 saturated carbocycles. The van der Waals surface area contributed by atoms with Crippen molar-refractivity contribution in [3.05, 3.63) is 129 Å². The summed E-state index contributed by atoms with van der Waals surface area (Å²) in [5, 5.41) is 3.01. The molecule has 0 saturated heterocycles. The summed E-state index contributed by atoms with van der Waals surface area (Å²) in [5.74, 6) is -0.607. The molecule has 4 rings (SSSR count). The Morgan fingerprint density at radius 1 is 0.800 bits per heavy atom. The van der Waals surface area contributed by atoms with Crippen molar-refractivity contribution in [1.29, 1.82) is 0 Å². The summed E-state index contributed by atoms with van der Waals surface area (Å²) in [5.41, 5.74) is 2.91. The highest BCUT2D eigenvalue weighted by Crippen LogP contribution is 2.28. The highest BCUT2D eigenvalue weighted by Gasteiger charge is 2.34. The van der Waals surface area contributed by atoms with Crippen LogP contribution >= 0.6 is 31.9 Å². The number of nitrogens with one attached hydrogen (secondary N) is 1. The molecule has 0 bridgehead atoms. The van der Waals surface area contributed by atoms with Crippen LogP contribution in [0.3, 0.4) is 0 Å². The molecule has 0 radical (unpaired) electrons. The van der Waals surface area contributed by atoms with Crippen molar-refractivity contribution < 1.29 is 18.0 Å². The third-order valence-electron chi connectivity index (χ3n) is 7.18. The summed E-state index contributed by atoms with van der Waals surface area (Å²) in [6, 6.07) is 29.5. The maximum Gasteiger partial charge on any atom is 0.264 e. The minimum atomic E-state index is -4.17.